The summed E-state index contributed by atoms with van der Waals surface area (Å²) in [6.07, 6.45) is 2.95. The van der Waals surface area contributed by atoms with Crippen molar-refractivity contribution in [1.29, 1.82) is 0 Å². The van der Waals surface area contributed by atoms with E-state index in [0.717, 1.165) is 0 Å². The average molecular weight is 414 g/mol. The van der Waals surface area contributed by atoms with Crippen LogP contribution in [0.1, 0.15) is 15.9 Å². The van der Waals surface area contributed by atoms with Crippen LogP contribution in [-0.2, 0) is 0 Å². The Labute approximate surface area is 171 Å². The number of nitrogens with zero attached hydrogens (tertiary/aromatic N) is 2. The SMILES string of the molecule is COc1ccc2c(C(=O)c3cc(OC)c(OC)c(OC)c3O[N+](=O)[O-])cncc2c1. The van der Waals surface area contributed by atoms with Gasteiger partial charge in [0, 0.05) is 23.3 Å². The van der Waals surface area contributed by atoms with E-state index >= 15 is 0 Å². The number of ketones is 1. The van der Waals surface area contributed by atoms with Gasteiger partial charge in [0.15, 0.2) is 23.0 Å². The number of pyridine rings is 1. The number of methoxy groups -OCH3 is 4. The average Bonchev–Trinajstić information content (AvgIpc) is 2.76. The van der Waals surface area contributed by atoms with Crippen LogP contribution in [-0.4, -0.2) is 44.3 Å². The first-order valence-corrected chi connectivity index (χ1v) is 8.56. The fraction of sp³-hybridized carbons (Fsp3) is 0.200. The lowest BCUT2D eigenvalue weighted by molar-refractivity contribution is -0.711. The molecule has 0 amide bonds. The van der Waals surface area contributed by atoms with Gasteiger partial charge in [0.25, 0.3) is 5.09 Å². The molecule has 1 heterocycles. The Balaban J connectivity index is 2.27. The Morgan fingerprint density at radius 1 is 0.900 bits per heavy atom. The fourth-order valence-corrected chi connectivity index (χ4v) is 3.07. The summed E-state index contributed by atoms with van der Waals surface area (Å²) in [7, 11) is 5.50. The second kappa shape index (κ2) is 8.52. The highest BCUT2D eigenvalue weighted by Crippen LogP contribution is 2.47. The highest BCUT2D eigenvalue weighted by molar-refractivity contribution is 6.18. The molecule has 0 saturated heterocycles. The zero-order valence-electron chi connectivity index (χ0n) is 16.6. The first-order chi connectivity index (χ1) is 14.4. The molecule has 0 aliphatic heterocycles. The van der Waals surface area contributed by atoms with Crippen molar-refractivity contribution in [2.24, 2.45) is 0 Å². The fourth-order valence-electron chi connectivity index (χ4n) is 3.07. The van der Waals surface area contributed by atoms with E-state index in [9.17, 15) is 14.9 Å². The highest BCUT2D eigenvalue weighted by Gasteiger charge is 2.28. The molecule has 10 nitrogen and oxygen atoms in total. The van der Waals surface area contributed by atoms with Crippen molar-refractivity contribution in [3.8, 4) is 28.7 Å². The van der Waals surface area contributed by atoms with Gasteiger partial charge in [-0.25, -0.2) is 0 Å². The molecule has 10 heteroatoms. The van der Waals surface area contributed by atoms with E-state index in [4.69, 9.17) is 23.8 Å². The van der Waals surface area contributed by atoms with Gasteiger partial charge in [0.05, 0.1) is 34.0 Å². The van der Waals surface area contributed by atoms with E-state index in [1.54, 1.807) is 24.4 Å². The zero-order chi connectivity index (χ0) is 21.8. The number of benzene rings is 2. The van der Waals surface area contributed by atoms with Gasteiger partial charge in [0.2, 0.25) is 5.75 Å². The summed E-state index contributed by atoms with van der Waals surface area (Å²) in [4.78, 5) is 33.3. The predicted molar refractivity (Wildman–Crippen MR) is 105 cm³/mol. The quantitative estimate of drug-likeness (QED) is 0.311. The number of carbonyl (C=O) groups excluding carboxylic acids is 1. The van der Waals surface area contributed by atoms with E-state index in [0.29, 0.717) is 16.5 Å². The summed E-state index contributed by atoms with van der Waals surface area (Å²) in [6, 6.07) is 6.42. The molecule has 0 unspecified atom stereocenters. The van der Waals surface area contributed by atoms with Crippen LogP contribution in [0.2, 0.25) is 0 Å². The summed E-state index contributed by atoms with van der Waals surface area (Å²) in [6.45, 7) is 0. The first kappa shape index (κ1) is 20.6. The molecule has 0 fully saturated rings. The third-order valence-corrected chi connectivity index (χ3v) is 4.41. The Bertz CT molecular complexity index is 1130. The van der Waals surface area contributed by atoms with Crippen LogP contribution in [0, 0.1) is 10.1 Å². The Kier molecular flexibility index (Phi) is 5.86. The molecule has 0 radical (unpaired) electrons. The molecular formula is C20H18N2O8. The molecule has 0 bridgehead atoms. The van der Waals surface area contributed by atoms with Crippen LogP contribution in [0.4, 0.5) is 0 Å². The van der Waals surface area contributed by atoms with Crippen molar-refractivity contribution in [2.75, 3.05) is 28.4 Å². The molecule has 0 aliphatic rings. The van der Waals surface area contributed by atoms with Gasteiger partial charge in [-0.1, -0.05) is 0 Å². The second-order valence-corrected chi connectivity index (χ2v) is 5.94. The summed E-state index contributed by atoms with van der Waals surface area (Å²) in [5.74, 6) is -0.340. The number of hydrogen-bond donors (Lipinski definition) is 0. The highest BCUT2D eigenvalue weighted by atomic mass is 17.0. The summed E-state index contributed by atoms with van der Waals surface area (Å²) in [5, 5.41) is 11.3. The van der Waals surface area contributed by atoms with Gasteiger partial charge in [-0.05, 0) is 29.7 Å². The number of aromatic nitrogens is 1. The maximum atomic E-state index is 13.4. The molecular weight excluding hydrogens is 396 g/mol. The molecule has 0 saturated carbocycles. The molecule has 0 spiro atoms. The van der Waals surface area contributed by atoms with Crippen molar-refractivity contribution in [2.45, 2.75) is 0 Å². The van der Waals surface area contributed by atoms with Crippen LogP contribution >= 0.6 is 0 Å². The van der Waals surface area contributed by atoms with Crippen LogP contribution < -0.4 is 23.8 Å². The molecule has 3 aromatic rings. The Morgan fingerprint density at radius 3 is 2.23 bits per heavy atom. The molecule has 0 N–H and O–H groups in total. The number of rotatable bonds is 8. The molecule has 156 valence electrons. The predicted octanol–water partition coefficient (Wildman–Crippen LogP) is 3.07. The lowest BCUT2D eigenvalue weighted by Crippen LogP contribution is -2.13. The van der Waals surface area contributed by atoms with Crippen LogP contribution in [0.5, 0.6) is 28.7 Å². The van der Waals surface area contributed by atoms with Gasteiger partial charge in [-0.3, -0.25) is 14.6 Å². The molecule has 0 atom stereocenters. The van der Waals surface area contributed by atoms with Crippen molar-refractivity contribution in [1.82, 2.24) is 4.98 Å². The van der Waals surface area contributed by atoms with E-state index in [2.05, 4.69) is 4.98 Å². The minimum atomic E-state index is -1.03. The number of fused-ring (bicyclic) bond motifs is 1. The number of carbonyl (C=O) groups is 1. The molecule has 0 aliphatic carbocycles. The van der Waals surface area contributed by atoms with E-state index in [1.807, 2.05) is 0 Å². The maximum Gasteiger partial charge on any atom is 0.299 e. The molecule has 2 aromatic carbocycles. The lowest BCUT2D eigenvalue weighted by atomic mass is 9.98. The van der Waals surface area contributed by atoms with Crippen molar-refractivity contribution >= 4 is 16.6 Å². The molecule has 30 heavy (non-hydrogen) atoms. The molecule has 1 aromatic heterocycles. The lowest BCUT2D eigenvalue weighted by Gasteiger charge is -2.18. The minimum absolute atomic E-state index is 0.0502. The van der Waals surface area contributed by atoms with E-state index in [-0.39, 0.29) is 28.4 Å². The standard InChI is InChI=1S/C20H18N2O8/c1-26-12-5-6-13-11(7-12)9-21-10-15(13)17(23)14-8-16(27-2)19(28-3)20(29-4)18(14)30-22(24)25/h5-10H,1-4H3. The van der Waals surface area contributed by atoms with Gasteiger partial charge >= 0.3 is 0 Å². The van der Waals surface area contributed by atoms with Crippen molar-refractivity contribution < 1.29 is 33.7 Å². The van der Waals surface area contributed by atoms with Crippen molar-refractivity contribution in [3.63, 3.8) is 0 Å². The monoisotopic (exact) mass is 414 g/mol. The van der Waals surface area contributed by atoms with Crippen LogP contribution in [0.25, 0.3) is 10.8 Å². The molecule has 3 rings (SSSR count). The number of hydrogen-bond acceptors (Lipinski definition) is 9. The first-order valence-electron chi connectivity index (χ1n) is 8.56. The van der Waals surface area contributed by atoms with Crippen LogP contribution in [0.3, 0.4) is 0 Å². The van der Waals surface area contributed by atoms with E-state index in [1.165, 1.54) is 40.7 Å². The second-order valence-electron chi connectivity index (χ2n) is 5.94. The smallest absolute Gasteiger partial charge is 0.299 e. The summed E-state index contributed by atoms with van der Waals surface area (Å²) >= 11 is 0. The maximum absolute atomic E-state index is 13.4. The zero-order valence-corrected chi connectivity index (χ0v) is 16.6. The van der Waals surface area contributed by atoms with Gasteiger partial charge < -0.3 is 18.9 Å². The summed E-state index contributed by atoms with van der Waals surface area (Å²) in [5.41, 5.74) is 0.0592. The van der Waals surface area contributed by atoms with Gasteiger partial charge in [-0.2, -0.15) is 0 Å². The van der Waals surface area contributed by atoms with E-state index < -0.39 is 16.6 Å². The van der Waals surface area contributed by atoms with Gasteiger partial charge in [0.1, 0.15) is 5.75 Å². The normalized spacial score (nSPS) is 10.4. The Hall–Kier alpha value is -4.08. The topological polar surface area (TPSA) is 119 Å². The Morgan fingerprint density at radius 2 is 1.63 bits per heavy atom. The van der Waals surface area contributed by atoms with Crippen LogP contribution in [0.15, 0.2) is 36.7 Å². The third-order valence-electron chi connectivity index (χ3n) is 4.41. The minimum Gasteiger partial charge on any atom is -0.497 e. The number of ether oxygens (including phenoxy) is 4. The third kappa shape index (κ3) is 3.62. The summed E-state index contributed by atoms with van der Waals surface area (Å²) < 4.78 is 20.9. The van der Waals surface area contributed by atoms with Crippen molar-refractivity contribution in [3.05, 3.63) is 57.9 Å². The largest absolute Gasteiger partial charge is 0.497 e. The van der Waals surface area contributed by atoms with Gasteiger partial charge in [-0.15, -0.1) is 10.1 Å².